The standard InChI is InChI=1S/C18H27ClN4O4.CH2O2/c1-3-26-11-15(25)22-17(2)12-18(27-10-14(17)24)4-6-23(7-5-18)16-20-8-13(19)9-21-16;2-1-3/h8-9,14,24H,3-7,10-12H2,1-2H3,(H,22,25);1H,(H,2,3)/t14-,17-;/m1./s1. The fraction of sp³-hybridized carbons (Fsp3) is 0.684. The highest BCUT2D eigenvalue weighted by atomic mass is 35.5. The smallest absolute Gasteiger partial charge is 0.290 e. The van der Waals surface area contributed by atoms with Gasteiger partial charge in [-0.15, -0.1) is 0 Å². The summed E-state index contributed by atoms with van der Waals surface area (Å²) in [7, 11) is 0. The van der Waals surface area contributed by atoms with Gasteiger partial charge in [0.05, 0.1) is 35.2 Å². The predicted molar refractivity (Wildman–Crippen MR) is 110 cm³/mol. The van der Waals surface area contributed by atoms with E-state index in [0.717, 1.165) is 25.9 Å². The number of rotatable bonds is 5. The van der Waals surface area contributed by atoms with Crippen molar-refractivity contribution in [1.82, 2.24) is 15.3 Å². The van der Waals surface area contributed by atoms with Gasteiger partial charge in [-0.3, -0.25) is 9.59 Å². The summed E-state index contributed by atoms with van der Waals surface area (Å²) in [5, 5.41) is 20.8. The van der Waals surface area contributed by atoms with Gasteiger partial charge in [-0.05, 0) is 26.7 Å². The molecule has 10 nitrogen and oxygen atoms in total. The number of amides is 1. The van der Waals surface area contributed by atoms with Crippen LogP contribution in [0.3, 0.4) is 0 Å². The van der Waals surface area contributed by atoms with E-state index in [1.54, 1.807) is 12.4 Å². The number of ether oxygens (including phenoxy) is 2. The minimum absolute atomic E-state index is 0.00560. The van der Waals surface area contributed by atoms with Gasteiger partial charge in [-0.25, -0.2) is 9.97 Å². The molecule has 2 aliphatic heterocycles. The SMILES string of the molecule is CCOCC(=O)N[C@]1(C)CC2(CCN(c3ncc(Cl)cn3)CC2)OC[C@H]1O.O=CO. The molecular formula is C19H29ClN4O6. The Labute approximate surface area is 180 Å². The molecule has 3 rings (SSSR count). The maximum Gasteiger partial charge on any atom is 0.290 e. The third-order valence-electron chi connectivity index (χ3n) is 5.40. The molecular weight excluding hydrogens is 416 g/mol. The molecule has 1 aromatic heterocycles. The molecule has 30 heavy (non-hydrogen) atoms. The Hall–Kier alpha value is -2.01. The summed E-state index contributed by atoms with van der Waals surface area (Å²) in [4.78, 5) is 31.1. The van der Waals surface area contributed by atoms with Crippen LogP contribution in [0.1, 0.15) is 33.1 Å². The van der Waals surface area contributed by atoms with E-state index in [4.69, 9.17) is 31.0 Å². The Morgan fingerprint density at radius 1 is 1.43 bits per heavy atom. The third-order valence-corrected chi connectivity index (χ3v) is 5.59. The lowest BCUT2D eigenvalue weighted by Crippen LogP contribution is -2.66. The Morgan fingerprint density at radius 3 is 2.60 bits per heavy atom. The second-order valence-corrected chi connectivity index (χ2v) is 8.02. The van der Waals surface area contributed by atoms with Gasteiger partial charge >= 0.3 is 0 Å². The van der Waals surface area contributed by atoms with Crippen LogP contribution in [-0.4, -0.2) is 82.7 Å². The molecule has 0 aromatic carbocycles. The van der Waals surface area contributed by atoms with Gasteiger partial charge in [0, 0.05) is 26.1 Å². The molecule has 1 spiro atoms. The first kappa shape index (κ1) is 24.3. The molecule has 2 fully saturated rings. The summed E-state index contributed by atoms with van der Waals surface area (Å²) >= 11 is 5.85. The summed E-state index contributed by atoms with van der Waals surface area (Å²) in [6, 6.07) is 0. The number of aliphatic hydroxyl groups is 1. The van der Waals surface area contributed by atoms with Crippen molar-refractivity contribution in [3.63, 3.8) is 0 Å². The third kappa shape index (κ3) is 6.24. The molecule has 2 saturated heterocycles. The molecule has 2 aliphatic rings. The highest BCUT2D eigenvalue weighted by Crippen LogP contribution is 2.40. The second-order valence-electron chi connectivity index (χ2n) is 7.58. The number of halogens is 1. The topological polar surface area (TPSA) is 134 Å². The zero-order valence-electron chi connectivity index (χ0n) is 17.2. The zero-order valence-corrected chi connectivity index (χ0v) is 18.0. The zero-order chi connectivity index (χ0) is 22.2. The molecule has 3 N–H and O–H groups in total. The van der Waals surface area contributed by atoms with Gasteiger partial charge in [-0.2, -0.15) is 0 Å². The number of hydrogen-bond donors (Lipinski definition) is 3. The van der Waals surface area contributed by atoms with Crippen molar-refractivity contribution in [2.24, 2.45) is 0 Å². The van der Waals surface area contributed by atoms with Crippen LogP contribution in [0.15, 0.2) is 12.4 Å². The number of carboxylic acid groups (broad SMARTS) is 1. The van der Waals surface area contributed by atoms with E-state index in [0.29, 0.717) is 24.0 Å². The van der Waals surface area contributed by atoms with E-state index in [-0.39, 0.29) is 31.2 Å². The normalized spacial score (nSPS) is 25.2. The highest BCUT2D eigenvalue weighted by molar-refractivity contribution is 6.30. The predicted octanol–water partition coefficient (Wildman–Crippen LogP) is 0.862. The molecule has 0 unspecified atom stereocenters. The van der Waals surface area contributed by atoms with Crippen LogP contribution in [0, 0.1) is 0 Å². The van der Waals surface area contributed by atoms with Crippen molar-refractivity contribution in [3.05, 3.63) is 17.4 Å². The van der Waals surface area contributed by atoms with Crippen molar-refractivity contribution >= 4 is 29.9 Å². The van der Waals surface area contributed by atoms with E-state index in [9.17, 15) is 9.90 Å². The van der Waals surface area contributed by atoms with Crippen molar-refractivity contribution in [3.8, 4) is 0 Å². The Bertz CT molecular complexity index is 699. The lowest BCUT2D eigenvalue weighted by molar-refractivity contribution is -0.173. The highest BCUT2D eigenvalue weighted by Gasteiger charge is 2.50. The Balaban J connectivity index is 0.00000101. The fourth-order valence-electron chi connectivity index (χ4n) is 3.86. The van der Waals surface area contributed by atoms with Gasteiger partial charge in [0.1, 0.15) is 12.7 Å². The summed E-state index contributed by atoms with van der Waals surface area (Å²) in [5.41, 5.74) is -1.12. The second kappa shape index (κ2) is 10.9. The molecule has 0 saturated carbocycles. The average molecular weight is 445 g/mol. The van der Waals surface area contributed by atoms with Gasteiger partial charge < -0.3 is 29.9 Å². The number of aromatic nitrogens is 2. The van der Waals surface area contributed by atoms with E-state index in [1.165, 1.54) is 0 Å². The number of nitrogens with one attached hydrogen (secondary N) is 1. The van der Waals surface area contributed by atoms with Gasteiger partial charge in [0.2, 0.25) is 11.9 Å². The first-order valence-corrected chi connectivity index (χ1v) is 10.2. The molecule has 0 aliphatic carbocycles. The molecule has 3 heterocycles. The average Bonchev–Trinajstić information content (AvgIpc) is 2.71. The molecule has 11 heteroatoms. The van der Waals surface area contributed by atoms with Crippen molar-refractivity contribution in [2.45, 2.75) is 50.4 Å². The van der Waals surface area contributed by atoms with E-state index < -0.39 is 11.6 Å². The summed E-state index contributed by atoms with van der Waals surface area (Å²) in [6.45, 7) is 5.60. The first-order valence-electron chi connectivity index (χ1n) is 9.78. The van der Waals surface area contributed by atoms with Crippen LogP contribution in [0.25, 0.3) is 0 Å². The molecule has 0 radical (unpaired) electrons. The molecule has 2 atom stereocenters. The number of anilines is 1. The molecule has 168 valence electrons. The Morgan fingerprint density at radius 2 is 2.03 bits per heavy atom. The van der Waals surface area contributed by atoms with Crippen molar-refractivity contribution < 1.29 is 29.3 Å². The Kier molecular flexibility index (Phi) is 8.78. The maximum absolute atomic E-state index is 12.1. The summed E-state index contributed by atoms with van der Waals surface area (Å²) < 4.78 is 11.2. The van der Waals surface area contributed by atoms with Crippen molar-refractivity contribution in [1.29, 1.82) is 0 Å². The minimum atomic E-state index is -0.758. The lowest BCUT2D eigenvalue weighted by atomic mass is 9.74. The van der Waals surface area contributed by atoms with E-state index >= 15 is 0 Å². The van der Waals surface area contributed by atoms with Gasteiger partial charge in [-0.1, -0.05) is 11.6 Å². The van der Waals surface area contributed by atoms with Gasteiger partial charge in [0.15, 0.2) is 0 Å². The molecule has 1 amide bonds. The molecule has 1 aromatic rings. The number of carbonyl (C=O) groups excluding carboxylic acids is 1. The number of hydrogen-bond acceptors (Lipinski definition) is 8. The number of carbonyl (C=O) groups is 2. The summed E-state index contributed by atoms with van der Waals surface area (Å²) in [5.74, 6) is 0.431. The maximum atomic E-state index is 12.1. The van der Waals surface area contributed by atoms with E-state index in [2.05, 4.69) is 20.2 Å². The minimum Gasteiger partial charge on any atom is -0.483 e. The van der Waals surface area contributed by atoms with Crippen LogP contribution in [0.4, 0.5) is 5.95 Å². The lowest BCUT2D eigenvalue weighted by Gasteiger charge is -2.52. The van der Waals surface area contributed by atoms with Crippen molar-refractivity contribution in [2.75, 3.05) is 37.8 Å². The van der Waals surface area contributed by atoms with Crippen LogP contribution < -0.4 is 10.2 Å². The van der Waals surface area contributed by atoms with E-state index in [1.807, 2.05) is 13.8 Å². The molecule has 0 bridgehead atoms. The monoisotopic (exact) mass is 444 g/mol. The summed E-state index contributed by atoms with van der Waals surface area (Å²) in [6.07, 6.45) is 4.50. The van der Waals surface area contributed by atoms with Gasteiger partial charge in [0.25, 0.3) is 6.47 Å². The van der Waals surface area contributed by atoms with Crippen LogP contribution in [0.5, 0.6) is 0 Å². The first-order chi connectivity index (χ1) is 14.3. The number of aliphatic hydroxyl groups excluding tert-OH is 1. The quantitative estimate of drug-likeness (QED) is 0.565. The van der Waals surface area contributed by atoms with Crippen LogP contribution in [0.2, 0.25) is 5.02 Å². The fourth-order valence-corrected chi connectivity index (χ4v) is 3.96. The number of piperidine rings is 1. The largest absolute Gasteiger partial charge is 0.483 e. The number of nitrogens with zero attached hydrogens (tertiary/aromatic N) is 3. The van der Waals surface area contributed by atoms with Crippen LogP contribution in [-0.2, 0) is 19.1 Å². The van der Waals surface area contributed by atoms with Crippen LogP contribution >= 0.6 is 11.6 Å².